The second-order valence-corrected chi connectivity index (χ2v) is 9.53. The number of hydrogen-bond donors (Lipinski definition) is 1. The number of benzene rings is 1. The molecule has 0 bridgehead atoms. The second-order valence-electron chi connectivity index (χ2n) is 6.58. The third-order valence-corrected chi connectivity index (χ3v) is 7.03. The Bertz CT molecular complexity index is 1010. The highest BCUT2D eigenvalue weighted by Gasteiger charge is 2.33. The van der Waals surface area contributed by atoms with Gasteiger partial charge in [0, 0.05) is 40.2 Å². The van der Waals surface area contributed by atoms with Gasteiger partial charge in [-0.2, -0.15) is 17.0 Å². The number of fused-ring (bicyclic) bond motifs is 1. The predicted molar refractivity (Wildman–Crippen MR) is 107 cm³/mol. The summed E-state index contributed by atoms with van der Waals surface area (Å²) in [5.74, 6) is 0.472. The number of carbonyl (C=O) groups is 1. The van der Waals surface area contributed by atoms with Crippen molar-refractivity contribution in [1.29, 1.82) is 0 Å². The molecule has 1 aromatic heterocycles. The highest BCUT2D eigenvalue weighted by atomic mass is 35.5. The topological polar surface area (TPSA) is 105 Å². The first-order chi connectivity index (χ1) is 13.7. The number of aromatic nitrogens is 1. The summed E-state index contributed by atoms with van der Waals surface area (Å²) in [5.41, 5.74) is 1.35. The molecule has 0 unspecified atom stereocenters. The summed E-state index contributed by atoms with van der Waals surface area (Å²) in [6.07, 6.45) is 0.156. The van der Waals surface area contributed by atoms with Gasteiger partial charge in [-0.25, -0.2) is 4.79 Å². The van der Waals surface area contributed by atoms with Crippen molar-refractivity contribution in [3.8, 4) is 5.88 Å². The van der Waals surface area contributed by atoms with Crippen LogP contribution in [-0.4, -0.2) is 55.5 Å². The minimum absolute atomic E-state index is 0.0191. The van der Waals surface area contributed by atoms with E-state index in [-0.39, 0.29) is 19.0 Å². The number of rotatable bonds is 6. The Morgan fingerprint density at radius 2 is 2.10 bits per heavy atom. The van der Waals surface area contributed by atoms with Gasteiger partial charge in [-0.1, -0.05) is 29.3 Å². The maximum absolute atomic E-state index is 12.3. The van der Waals surface area contributed by atoms with E-state index in [1.54, 1.807) is 12.1 Å². The summed E-state index contributed by atoms with van der Waals surface area (Å²) < 4.78 is 37.5. The Hall–Kier alpha value is -1.85. The number of nitrogens with zero attached hydrogens (tertiary/aromatic N) is 3. The van der Waals surface area contributed by atoms with Crippen molar-refractivity contribution in [2.75, 3.05) is 27.2 Å². The molecule has 12 heteroatoms. The van der Waals surface area contributed by atoms with Crippen LogP contribution in [0, 0.1) is 0 Å². The fourth-order valence-corrected chi connectivity index (χ4v) is 4.19. The highest BCUT2D eigenvalue weighted by Crippen LogP contribution is 2.29. The van der Waals surface area contributed by atoms with Crippen LogP contribution in [0.15, 0.2) is 22.7 Å². The first-order valence-corrected chi connectivity index (χ1v) is 10.9. The lowest BCUT2D eigenvalue weighted by atomic mass is 10.1. The van der Waals surface area contributed by atoms with Crippen LogP contribution >= 0.6 is 23.2 Å². The molecule has 1 N–H and O–H groups in total. The molecular formula is C17H20Cl2N4O5S. The zero-order chi connectivity index (χ0) is 21.2. The van der Waals surface area contributed by atoms with E-state index in [1.807, 2.05) is 6.07 Å². The molecule has 0 fully saturated rings. The van der Waals surface area contributed by atoms with E-state index in [4.69, 9.17) is 32.5 Å². The maximum atomic E-state index is 12.3. The molecule has 0 saturated heterocycles. The Morgan fingerprint density at radius 1 is 1.34 bits per heavy atom. The molecule has 0 spiro atoms. The van der Waals surface area contributed by atoms with Crippen LogP contribution in [-0.2, 0) is 29.6 Å². The van der Waals surface area contributed by atoms with Crippen LogP contribution in [0.25, 0.3) is 0 Å². The van der Waals surface area contributed by atoms with Crippen LogP contribution in [0.3, 0.4) is 0 Å². The van der Waals surface area contributed by atoms with Crippen molar-refractivity contribution >= 4 is 39.5 Å². The SMILES string of the molecule is CN(C)S(=O)(=O)N1CCc2onc(OC(=O)NCCc3ccc(Cl)c(Cl)c3)c2C1. The van der Waals surface area contributed by atoms with Gasteiger partial charge in [0.05, 0.1) is 15.6 Å². The van der Waals surface area contributed by atoms with E-state index < -0.39 is 16.3 Å². The molecule has 2 aromatic rings. The molecule has 1 aliphatic heterocycles. The summed E-state index contributed by atoms with van der Waals surface area (Å²) >= 11 is 11.8. The first-order valence-electron chi connectivity index (χ1n) is 8.73. The monoisotopic (exact) mass is 462 g/mol. The predicted octanol–water partition coefficient (Wildman–Crippen LogP) is 2.48. The third-order valence-electron chi connectivity index (χ3n) is 4.40. The summed E-state index contributed by atoms with van der Waals surface area (Å²) in [6, 6.07) is 5.23. The zero-order valence-corrected chi connectivity index (χ0v) is 18.1. The van der Waals surface area contributed by atoms with Crippen molar-refractivity contribution < 1.29 is 22.5 Å². The number of carbonyl (C=O) groups excluding carboxylic acids is 1. The Morgan fingerprint density at radius 3 is 2.79 bits per heavy atom. The molecule has 1 aromatic carbocycles. The molecule has 0 radical (unpaired) electrons. The van der Waals surface area contributed by atoms with Gasteiger partial charge in [0.25, 0.3) is 16.1 Å². The normalized spacial score (nSPS) is 14.7. The van der Waals surface area contributed by atoms with Gasteiger partial charge in [-0.3, -0.25) is 0 Å². The molecule has 3 rings (SSSR count). The van der Waals surface area contributed by atoms with Crippen LogP contribution in [0.2, 0.25) is 10.0 Å². The van der Waals surface area contributed by atoms with Crippen molar-refractivity contribution in [3.63, 3.8) is 0 Å². The van der Waals surface area contributed by atoms with Crippen LogP contribution in [0.1, 0.15) is 16.9 Å². The first kappa shape index (κ1) is 21.8. The molecule has 0 atom stereocenters. The molecular weight excluding hydrogens is 443 g/mol. The quantitative estimate of drug-likeness (QED) is 0.706. The minimum Gasteiger partial charge on any atom is -0.388 e. The summed E-state index contributed by atoms with van der Waals surface area (Å²) in [5, 5.41) is 7.28. The van der Waals surface area contributed by atoms with Crippen molar-refractivity contribution in [2.24, 2.45) is 0 Å². The van der Waals surface area contributed by atoms with Crippen LogP contribution in [0.4, 0.5) is 4.79 Å². The van der Waals surface area contributed by atoms with Crippen LogP contribution < -0.4 is 10.1 Å². The molecule has 1 amide bonds. The van der Waals surface area contributed by atoms with Gasteiger partial charge < -0.3 is 14.6 Å². The van der Waals surface area contributed by atoms with Crippen molar-refractivity contribution in [2.45, 2.75) is 19.4 Å². The number of amides is 1. The van der Waals surface area contributed by atoms with Gasteiger partial charge in [0.1, 0.15) is 5.76 Å². The summed E-state index contributed by atoms with van der Waals surface area (Å²) in [6.45, 7) is 0.585. The lowest BCUT2D eigenvalue weighted by molar-refractivity contribution is 0.195. The summed E-state index contributed by atoms with van der Waals surface area (Å²) in [7, 11) is -0.685. The molecule has 0 aliphatic carbocycles. The smallest absolute Gasteiger partial charge is 0.388 e. The fraction of sp³-hybridized carbons (Fsp3) is 0.412. The zero-order valence-electron chi connectivity index (χ0n) is 15.8. The van der Waals surface area contributed by atoms with Crippen molar-refractivity contribution in [3.05, 3.63) is 45.1 Å². The van der Waals surface area contributed by atoms with E-state index in [9.17, 15) is 13.2 Å². The van der Waals surface area contributed by atoms with E-state index >= 15 is 0 Å². The number of nitrogens with one attached hydrogen (secondary N) is 1. The Labute approximate surface area is 178 Å². The minimum atomic E-state index is -3.60. The van der Waals surface area contributed by atoms with Gasteiger partial charge in [-0.15, -0.1) is 0 Å². The molecule has 0 saturated carbocycles. The van der Waals surface area contributed by atoms with E-state index in [0.717, 1.165) is 9.87 Å². The average Bonchev–Trinajstić information content (AvgIpc) is 3.06. The molecule has 9 nitrogen and oxygen atoms in total. The third kappa shape index (κ3) is 5.01. The molecule has 29 heavy (non-hydrogen) atoms. The van der Waals surface area contributed by atoms with Crippen molar-refractivity contribution in [1.82, 2.24) is 19.1 Å². The Kier molecular flexibility index (Phi) is 6.69. The fourth-order valence-electron chi connectivity index (χ4n) is 2.80. The van der Waals surface area contributed by atoms with E-state index in [0.29, 0.717) is 40.8 Å². The Balaban J connectivity index is 1.58. The largest absolute Gasteiger partial charge is 0.414 e. The van der Waals surface area contributed by atoms with Gasteiger partial charge in [0.15, 0.2) is 0 Å². The summed E-state index contributed by atoms with van der Waals surface area (Å²) in [4.78, 5) is 12.1. The molecule has 2 heterocycles. The van der Waals surface area contributed by atoms with Gasteiger partial charge in [-0.05, 0) is 29.3 Å². The van der Waals surface area contributed by atoms with Gasteiger partial charge in [0.2, 0.25) is 0 Å². The average molecular weight is 463 g/mol. The van der Waals surface area contributed by atoms with Gasteiger partial charge >= 0.3 is 6.09 Å². The number of hydrogen-bond acceptors (Lipinski definition) is 6. The molecule has 158 valence electrons. The number of ether oxygens (including phenoxy) is 1. The highest BCUT2D eigenvalue weighted by molar-refractivity contribution is 7.86. The number of halogens is 2. The standard InChI is InChI=1S/C17H20Cl2N4O5S/c1-22(2)29(25,26)23-8-6-15-12(10-23)16(21-28-15)27-17(24)20-7-5-11-3-4-13(18)14(19)9-11/h3-4,9H,5-8,10H2,1-2H3,(H,20,24). The van der Waals surface area contributed by atoms with E-state index in [2.05, 4.69) is 10.5 Å². The van der Waals surface area contributed by atoms with Crippen LogP contribution in [0.5, 0.6) is 5.88 Å². The second kappa shape index (κ2) is 8.88. The molecule has 1 aliphatic rings. The lowest BCUT2D eigenvalue weighted by Crippen LogP contribution is -2.42. The van der Waals surface area contributed by atoms with E-state index in [1.165, 1.54) is 18.4 Å². The maximum Gasteiger partial charge on any atom is 0.414 e. The lowest BCUT2D eigenvalue weighted by Gasteiger charge is -2.27.